The fourth-order valence-corrected chi connectivity index (χ4v) is 1.70. The van der Waals surface area contributed by atoms with E-state index in [1.807, 2.05) is 0 Å². The molecule has 0 aliphatic heterocycles. The lowest BCUT2D eigenvalue weighted by Crippen LogP contribution is -2.10. The van der Waals surface area contributed by atoms with Crippen molar-refractivity contribution in [3.63, 3.8) is 0 Å². The van der Waals surface area contributed by atoms with E-state index in [9.17, 15) is 13.6 Å². The molecular formula is C11H12F2O2S. The van der Waals surface area contributed by atoms with E-state index in [1.165, 1.54) is 6.07 Å². The lowest BCUT2D eigenvalue weighted by Gasteiger charge is -2.14. The van der Waals surface area contributed by atoms with Crippen molar-refractivity contribution in [2.24, 2.45) is 0 Å². The van der Waals surface area contributed by atoms with Crippen molar-refractivity contribution in [3.05, 3.63) is 23.3 Å². The predicted octanol–water partition coefficient (Wildman–Crippen LogP) is 3.29. The maximum Gasteiger partial charge on any atom is 0.192 e. The zero-order chi connectivity index (χ0) is 12.3. The van der Waals surface area contributed by atoms with Gasteiger partial charge in [0.25, 0.3) is 0 Å². The van der Waals surface area contributed by atoms with E-state index >= 15 is 0 Å². The van der Waals surface area contributed by atoms with Crippen molar-refractivity contribution in [2.75, 3.05) is 6.26 Å². The van der Waals surface area contributed by atoms with Crippen molar-refractivity contribution >= 4 is 18.0 Å². The van der Waals surface area contributed by atoms with Crippen molar-refractivity contribution in [1.82, 2.24) is 0 Å². The number of ether oxygens (including phenoxy) is 1. The molecule has 1 aromatic carbocycles. The van der Waals surface area contributed by atoms with E-state index in [0.29, 0.717) is 6.29 Å². The molecule has 0 atom stereocenters. The number of rotatable bonds is 4. The van der Waals surface area contributed by atoms with Crippen molar-refractivity contribution in [1.29, 1.82) is 0 Å². The lowest BCUT2D eigenvalue weighted by atomic mass is 10.2. The molecule has 0 unspecified atom stereocenters. The second-order valence-electron chi connectivity index (χ2n) is 3.41. The van der Waals surface area contributed by atoms with E-state index in [4.69, 9.17) is 4.74 Å². The third kappa shape index (κ3) is 2.52. The van der Waals surface area contributed by atoms with Crippen LogP contribution in [-0.4, -0.2) is 18.6 Å². The van der Waals surface area contributed by atoms with Crippen LogP contribution < -0.4 is 4.74 Å². The van der Waals surface area contributed by atoms with Crippen LogP contribution in [0, 0.1) is 11.6 Å². The number of thioether (sulfide) groups is 1. The summed E-state index contributed by atoms with van der Waals surface area (Å²) in [6.07, 6.45) is 1.63. The van der Waals surface area contributed by atoms with Crippen LogP contribution in [0.1, 0.15) is 24.2 Å². The van der Waals surface area contributed by atoms with Crippen molar-refractivity contribution < 1.29 is 18.3 Å². The topological polar surface area (TPSA) is 26.3 Å². The van der Waals surface area contributed by atoms with Gasteiger partial charge in [0.2, 0.25) is 0 Å². The maximum absolute atomic E-state index is 13.7. The number of carbonyl (C=O) groups excluding carboxylic acids is 1. The molecule has 0 heterocycles. The van der Waals surface area contributed by atoms with Crippen LogP contribution in [0.4, 0.5) is 8.78 Å². The molecule has 1 aromatic rings. The quantitative estimate of drug-likeness (QED) is 0.602. The van der Waals surface area contributed by atoms with Crippen LogP contribution in [0.2, 0.25) is 0 Å². The number of benzene rings is 1. The molecule has 1 rings (SSSR count). The molecule has 0 aliphatic carbocycles. The summed E-state index contributed by atoms with van der Waals surface area (Å²) in [5.74, 6) is -2.19. The molecule has 0 radical (unpaired) electrons. The Morgan fingerprint density at radius 2 is 2.00 bits per heavy atom. The highest BCUT2D eigenvalue weighted by Gasteiger charge is 2.20. The van der Waals surface area contributed by atoms with Gasteiger partial charge in [-0.3, -0.25) is 4.79 Å². The Morgan fingerprint density at radius 3 is 2.44 bits per heavy atom. The van der Waals surface area contributed by atoms with Gasteiger partial charge in [-0.1, -0.05) is 0 Å². The molecular weight excluding hydrogens is 234 g/mol. The Bertz CT molecular complexity index is 405. The largest absolute Gasteiger partial charge is 0.485 e. The van der Waals surface area contributed by atoms with Crippen LogP contribution >= 0.6 is 11.8 Å². The third-order valence-electron chi connectivity index (χ3n) is 1.86. The first-order chi connectivity index (χ1) is 7.51. The molecule has 0 bridgehead atoms. The van der Waals surface area contributed by atoms with Crippen LogP contribution in [0.3, 0.4) is 0 Å². The first-order valence-corrected chi connectivity index (χ1v) is 5.91. The van der Waals surface area contributed by atoms with Crippen LogP contribution in [0.25, 0.3) is 0 Å². The molecule has 88 valence electrons. The highest BCUT2D eigenvalue weighted by atomic mass is 32.2. The van der Waals surface area contributed by atoms with E-state index in [-0.39, 0.29) is 16.6 Å². The SMILES string of the molecule is CSc1cc(C=O)c(F)c(OC(C)C)c1F. The number of hydrogen-bond acceptors (Lipinski definition) is 3. The minimum atomic E-state index is -0.945. The summed E-state index contributed by atoms with van der Waals surface area (Å²) in [5.41, 5.74) is -0.193. The van der Waals surface area contributed by atoms with Crippen LogP contribution in [-0.2, 0) is 0 Å². The second kappa shape index (κ2) is 5.30. The Hall–Kier alpha value is -1.10. The average molecular weight is 246 g/mol. The summed E-state index contributed by atoms with van der Waals surface area (Å²) in [5, 5.41) is 0. The highest BCUT2D eigenvalue weighted by molar-refractivity contribution is 7.98. The predicted molar refractivity (Wildman–Crippen MR) is 59.3 cm³/mol. The first-order valence-electron chi connectivity index (χ1n) is 4.69. The normalized spacial score (nSPS) is 10.6. The fourth-order valence-electron chi connectivity index (χ4n) is 1.18. The Labute approximate surface area is 97.0 Å². The van der Waals surface area contributed by atoms with Gasteiger partial charge in [-0.15, -0.1) is 11.8 Å². The van der Waals surface area contributed by atoms with E-state index < -0.39 is 17.4 Å². The Balaban J connectivity index is 3.37. The van der Waals surface area contributed by atoms with Gasteiger partial charge in [0.15, 0.2) is 23.7 Å². The molecule has 2 nitrogen and oxygen atoms in total. The highest BCUT2D eigenvalue weighted by Crippen LogP contribution is 2.32. The van der Waals surface area contributed by atoms with Gasteiger partial charge in [-0.05, 0) is 26.2 Å². The molecule has 0 N–H and O–H groups in total. The van der Waals surface area contributed by atoms with Crippen LogP contribution in [0.5, 0.6) is 5.75 Å². The average Bonchev–Trinajstić information content (AvgIpc) is 2.24. The lowest BCUT2D eigenvalue weighted by molar-refractivity contribution is 0.111. The first kappa shape index (κ1) is 13.0. The van der Waals surface area contributed by atoms with Gasteiger partial charge in [0.05, 0.1) is 11.7 Å². The molecule has 0 saturated heterocycles. The van der Waals surface area contributed by atoms with Crippen LogP contribution in [0.15, 0.2) is 11.0 Å². The molecule has 5 heteroatoms. The van der Waals surface area contributed by atoms with Gasteiger partial charge in [0, 0.05) is 4.90 Å². The molecule has 0 saturated carbocycles. The van der Waals surface area contributed by atoms with Crippen molar-refractivity contribution in [2.45, 2.75) is 24.8 Å². The zero-order valence-corrected chi connectivity index (χ0v) is 10.0. The molecule has 0 spiro atoms. The molecule has 0 amide bonds. The summed E-state index contributed by atoms with van der Waals surface area (Å²) in [4.78, 5) is 10.8. The second-order valence-corrected chi connectivity index (χ2v) is 4.26. The number of aldehydes is 1. The van der Waals surface area contributed by atoms with E-state index in [0.717, 1.165) is 11.8 Å². The van der Waals surface area contributed by atoms with Gasteiger partial charge in [-0.25, -0.2) is 8.78 Å². The Kier molecular flexibility index (Phi) is 4.29. The summed E-state index contributed by atoms with van der Waals surface area (Å²) >= 11 is 1.09. The number of hydrogen-bond donors (Lipinski definition) is 0. The molecule has 0 aliphatic rings. The smallest absolute Gasteiger partial charge is 0.192 e. The minimum absolute atomic E-state index is 0.193. The summed E-state index contributed by atoms with van der Waals surface area (Å²) in [7, 11) is 0. The molecule has 0 aromatic heterocycles. The van der Waals surface area contributed by atoms with Gasteiger partial charge < -0.3 is 4.74 Å². The zero-order valence-electron chi connectivity index (χ0n) is 9.21. The van der Waals surface area contributed by atoms with Gasteiger partial charge >= 0.3 is 0 Å². The molecule has 16 heavy (non-hydrogen) atoms. The van der Waals surface area contributed by atoms with E-state index in [1.54, 1.807) is 20.1 Å². The Morgan fingerprint density at radius 1 is 1.38 bits per heavy atom. The van der Waals surface area contributed by atoms with Gasteiger partial charge in [0.1, 0.15) is 0 Å². The minimum Gasteiger partial charge on any atom is -0.485 e. The summed E-state index contributed by atoms with van der Waals surface area (Å²) < 4.78 is 32.4. The monoisotopic (exact) mass is 246 g/mol. The maximum atomic E-state index is 13.7. The van der Waals surface area contributed by atoms with E-state index in [2.05, 4.69) is 0 Å². The van der Waals surface area contributed by atoms with Crippen molar-refractivity contribution in [3.8, 4) is 5.75 Å². The molecule has 0 fully saturated rings. The standard InChI is InChI=1S/C11H12F2O2S/c1-6(2)15-11-9(12)7(5-14)4-8(16-3)10(11)13/h4-6H,1-3H3. The number of halogens is 2. The summed E-state index contributed by atoms with van der Waals surface area (Å²) in [6, 6.07) is 1.18. The summed E-state index contributed by atoms with van der Waals surface area (Å²) in [6.45, 7) is 3.32. The third-order valence-corrected chi connectivity index (χ3v) is 2.59. The number of carbonyl (C=O) groups is 1. The van der Waals surface area contributed by atoms with Gasteiger partial charge in [-0.2, -0.15) is 0 Å². The fraction of sp³-hybridized carbons (Fsp3) is 0.364.